The normalized spacial score (nSPS) is 18.6. The summed E-state index contributed by atoms with van der Waals surface area (Å²) in [6, 6.07) is 0. The third-order valence-electron chi connectivity index (χ3n) is 3.40. The van der Waals surface area contributed by atoms with Crippen LogP contribution in [0.2, 0.25) is 0 Å². The van der Waals surface area contributed by atoms with Gasteiger partial charge in [-0.1, -0.05) is 0 Å². The number of rotatable bonds is 6. The molecule has 0 saturated carbocycles. The number of anilines is 2. The van der Waals surface area contributed by atoms with Crippen LogP contribution >= 0.6 is 0 Å². The maximum Gasteiger partial charge on any atom is 0.226 e. The first-order valence-electron chi connectivity index (χ1n) is 7.17. The molecule has 0 amide bonds. The summed E-state index contributed by atoms with van der Waals surface area (Å²) in [6.07, 6.45) is 5.35. The van der Waals surface area contributed by atoms with Gasteiger partial charge in [-0.15, -0.1) is 0 Å². The summed E-state index contributed by atoms with van der Waals surface area (Å²) in [5.41, 5.74) is 1.52. The lowest BCUT2D eigenvalue weighted by Gasteiger charge is -2.11. The van der Waals surface area contributed by atoms with E-state index in [-0.39, 0.29) is 0 Å². The molecule has 1 fully saturated rings. The molecule has 3 N–H and O–H groups in total. The van der Waals surface area contributed by atoms with Gasteiger partial charge in [-0.25, -0.2) is 4.98 Å². The number of H-pyrrole nitrogens is 1. The topological polar surface area (TPSA) is 87.8 Å². The van der Waals surface area contributed by atoms with Crippen LogP contribution in [0.25, 0.3) is 11.2 Å². The lowest BCUT2D eigenvalue weighted by molar-refractivity contribution is 0.107. The molecule has 3 rings (SSSR count). The van der Waals surface area contributed by atoms with E-state index in [0.717, 1.165) is 43.9 Å². The van der Waals surface area contributed by atoms with Crippen molar-refractivity contribution < 1.29 is 4.74 Å². The fourth-order valence-corrected chi connectivity index (χ4v) is 2.42. The van der Waals surface area contributed by atoms with Crippen LogP contribution < -0.4 is 10.6 Å². The van der Waals surface area contributed by atoms with E-state index in [2.05, 4.69) is 30.6 Å². The van der Waals surface area contributed by atoms with Gasteiger partial charge in [-0.05, 0) is 26.2 Å². The number of nitrogens with zero attached hydrogens (tertiary/aromatic N) is 3. The minimum atomic E-state index is 0.384. The molecule has 108 valence electrons. The Morgan fingerprint density at radius 3 is 3.15 bits per heavy atom. The highest BCUT2D eigenvalue weighted by Crippen LogP contribution is 2.20. The van der Waals surface area contributed by atoms with Crippen molar-refractivity contribution >= 4 is 22.9 Å². The molecule has 0 aromatic carbocycles. The predicted octanol–water partition coefficient (Wildman–Crippen LogP) is 1.77. The van der Waals surface area contributed by atoms with E-state index < -0.39 is 0 Å². The van der Waals surface area contributed by atoms with Crippen LogP contribution in [0.3, 0.4) is 0 Å². The van der Waals surface area contributed by atoms with Crippen LogP contribution in [0.5, 0.6) is 0 Å². The SMILES string of the molecule is CCNc1nc(NCCC2CCCO2)c2[nH]cnc2n1. The van der Waals surface area contributed by atoms with Crippen molar-refractivity contribution in [1.82, 2.24) is 19.9 Å². The number of fused-ring (bicyclic) bond motifs is 1. The Kier molecular flexibility index (Phi) is 3.96. The fraction of sp³-hybridized carbons (Fsp3) is 0.615. The van der Waals surface area contributed by atoms with E-state index in [9.17, 15) is 0 Å². The second kappa shape index (κ2) is 6.04. The molecule has 7 nitrogen and oxygen atoms in total. The molecular weight excluding hydrogens is 256 g/mol. The van der Waals surface area contributed by atoms with E-state index in [1.807, 2.05) is 6.92 Å². The zero-order valence-corrected chi connectivity index (χ0v) is 11.6. The minimum absolute atomic E-state index is 0.384. The van der Waals surface area contributed by atoms with Crippen LogP contribution in [-0.2, 0) is 4.74 Å². The van der Waals surface area contributed by atoms with E-state index in [1.165, 1.54) is 6.42 Å². The fourth-order valence-electron chi connectivity index (χ4n) is 2.42. The molecule has 20 heavy (non-hydrogen) atoms. The van der Waals surface area contributed by atoms with Crippen molar-refractivity contribution in [2.24, 2.45) is 0 Å². The van der Waals surface area contributed by atoms with Gasteiger partial charge in [0.15, 0.2) is 11.5 Å². The zero-order chi connectivity index (χ0) is 13.8. The van der Waals surface area contributed by atoms with Crippen molar-refractivity contribution in [2.45, 2.75) is 32.3 Å². The number of nitrogens with one attached hydrogen (secondary N) is 3. The average molecular weight is 276 g/mol. The first-order valence-corrected chi connectivity index (χ1v) is 7.17. The summed E-state index contributed by atoms with van der Waals surface area (Å²) in [5.74, 6) is 1.40. The van der Waals surface area contributed by atoms with E-state index in [0.29, 0.717) is 17.7 Å². The highest BCUT2D eigenvalue weighted by Gasteiger charge is 2.15. The molecule has 1 aliphatic heterocycles. The minimum Gasteiger partial charge on any atom is -0.378 e. The Morgan fingerprint density at radius 2 is 2.35 bits per heavy atom. The molecule has 1 saturated heterocycles. The van der Waals surface area contributed by atoms with Crippen molar-refractivity contribution in [1.29, 1.82) is 0 Å². The van der Waals surface area contributed by atoms with Gasteiger partial charge in [0.05, 0.1) is 12.4 Å². The van der Waals surface area contributed by atoms with Crippen LogP contribution in [-0.4, -0.2) is 45.7 Å². The van der Waals surface area contributed by atoms with Gasteiger partial charge in [0.2, 0.25) is 5.95 Å². The molecule has 1 atom stereocenters. The summed E-state index contributed by atoms with van der Waals surface area (Å²) >= 11 is 0. The molecule has 0 spiro atoms. The summed E-state index contributed by atoms with van der Waals surface area (Å²) in [7, 11) is 0. The zero-order valence-electron chi connectivity index (χ0n) is 11.6. The third kappa shape index (κ3) is 2.82. The van der Waals surface area contributed by atoms with E-state index in [1.54, 1.807) is 6.33 Å². The monoisotopic (exact) mass is 276 g/mol. The lowest BCUT2D eigenvalue weighted by atomic mass is 10.2. The Labute approximate surface area is 117 Å². The van der Waals surface area contributed by atoms with Crippen LogP contribution in [0.4, 0.5) is 11.8 Å². The molecule has 0 radical (unpaired) electrons. The molecule has 0 aliphatic carbocycles. The molecule has 1 unspecified atom stereocenters. The first kappa shape index (κ1) is 13.1. The quantitative estimate of drug-likeness (QED) is 0.745. The van der Waals surface area contributed by atoms with Gasteiger partial charge in [-0.2, -0.15) is 9.97 Å². The van der Waals surface area contributed by atoms with Gasteiger partial charge < -0.3 is 20.4 Å². The number of hydrogen-bond donors (Lipinski definition) is 3. The molecule has 3 heterocycles. The first-order chi connectivity index (χ1) is 9.86. The molecule has 1 aliphatic rings. The van der Waals surface area contributed by atoms with Crippen molar-refractivity contribution in [3.05, 3.63) is 6.33 Å². The molecule has 2 aromatic heterocycles. The highest BCUT2D eigenvalue weighted by atomic mass is 16.5. The van der Waals surface area contributed by atoms with Crippen molar-refractivity contribution in [2.75, 3.05) is 30.3 Å². The largest absolute Gasteiger partial charge is 0.378 e. The van der Waals surface area contributed by atoms with Gasteiger partial charge in [0.1, 0.15) is 5.52 Å². The highest BCUT2D eigenvalue weighted by molar-refractivity contribution is 5.83. The molecule has 2 aromatic rings. The molecular formula is C13H20N6O. The van der Waals surface area contributed by atoms with Gasteiger partial charge >= 0.3 is 0 Å². The second-order valence-electron chi connectivity index (χ2n) is 4.88. The summed E-state index contributed by atoms with van der Waals surface area (Å²) < 4.78 is 5.62. The number of imidazole rings is 1. The number of hydrogen-bond acceptors (Lipinski definition) is 6. The Morgan fingerprint density at radius 1 is 1.40 bits per heavy atom. The lowest BCUT2D eigenvalue weighted by Crippen LogP contribution is -2.14. The van der Waals surface area contributed by atoms with Gasteiger partial charge in [0.25, 0.3) is 0 Å². The Bertz CT molecular complexity index is 563. The average Bonchev–Trinajstić information content (AvgIpc) is 3.09. The predicted molar refractivity (Wildman–Crippen MR) is 77.9 cm³/mol. The smallest absolute Gasteiger partial charge is 0.226 e. The van der Waals surface area contributed by atoms with Crippen molar-refractivity contribution in [3.8, 4) is 0 Å². The van der Waals surface area contributed by atoms with Crippen LogP contribution in [0, 0.1) is 0 Å². The Hall–Kier alpha value is -1.89. The molecule has 0 bridgehead atoms. The van der Waals surface area contributed by atoms with E-state index in [4.69, 9.17) is 4.74 Å². The number of aromatic amines is 1. The second-order valence-corrected chi connectivity index (χ2v) is 4.88. The standard InChI is InChI=1S/C13H20N6O/c1-2-14-13-18-11(10-12(19-13)17-8-16-10)15-6-5-9-4-3-7-20-9/h8-9H,2-7H2,1H3,(H3,14,15,16,17,18,19). The van der Waals surface area contributed by atoms with Gasteiger partial charge in [-0.3, -0.25) is 0 Å². The number of aromatic nitrogens is 4. The van der Waals surface area contributed by atoms with Gasteiger partial charge in [0, 0.05) is 19.7 Å². The molecule has 7 heteroatoms. The maximum absolute atomic E-state index is 5.62. The summed E-state index contributed by atoms with van der Waals surface area (Å²) in [5, 5.41) is 6.48. The summed E-state index contributed by atoms with van der Waals surface area (Å²) in [6.45, 7) is 4.53. The third-order valence-corrected chi connectivity index (χ3v) is 3.40. The van der Waals surface area contributed by atoms with E-state index >= 15 is 0 Å². The number of ether oxygens (including phenoxy) is 1. The maximum atomic E-state index is 5.62. The van der Waals surface area contributed by atoms with Crippen molar-refractivity contribution in [3.63, 3.8) is 0 Å². The van der Waals surface area contributed by atoms with Crippen LogP contribution in [0.15, 0.2) is 6.33 Å². The summed E-state index contributed by atoms with van der Waals surface area (Å²) in [4.78, 5) is 16.1. The Balaban J connectivity index is 1.69. The van der Waals surface area contributed by atoms with Crippen LogP contribution in [0.1, 0.15) is 26.2 Å².